The van der Waals surface area contributed by atoms with Crippen molar-refractivity contribution in [1.82, 2.24) is 24.9 Å². The van der Waals surface area contributed by atoms with E-state index in [-0.39, 0.29) is 41.3 Å². The normalized spacial score (nSPS) is 31.0. The molecule has 0 aliphatic heterocycles. The maximum absolute atomic E-state index is 13.3. The molecule has 4 aliphatic carbocycles. The Morgan fingerprint density at radius 3 is 2.72 bits per heavy atom. The molecule has 4 saturated carbocycles. The van der Waals surface area contributed by atoms with E-state index < -0.39 is 18.3 Å². The first-order valence-electron chi connectivity index (χ1n) is 10.2. The van der Waals surface area contributed by atoms with E-state index in [2.05, 4.69) is 25.2 Å². The first-order valence-corrected chi connectivity index (χ1v) is 10.2. The zero-order chi connectivity index (χ0) is 22.3. The summed E-state index contributed by atoms with van der Waals surface area (Å²) in [4.78, 5) is 16.8. The Morgan fingerprint density at radius 1 is 1.25 bits per heavy atom. The van der Waals surface area contributed by atoms with Crippen LogP contribution in [0.3, 0.4) is 0 Å². The fourth-order valence-corrected chi connectivity index (χ4v) is 5.19. The van der Waals surface area contributed by atoms with E-state index in [0.717, 1.165) is 0 Å². The Kier molecular flexibility index (Phi) is 3.85. The number of hydrogen-bond donors (Lipinski definition) is 1. The Labute approximate surface area is 178 Å². The molecule has 0 unspecified atom stereocenters. The van der Waals surface area contributed by atoms with E-state index in [0.29, 0.717) is 36.7 Å². The molecule has 8 nitrogen and oxygen atoms in total. The van der Waals surface area contributed by atoms with Gasteiger partial charge in [-0.25, -0.2) is 9.37 Å². The summed E-state index contributed by atoms with van der Waals surface area (Å²) in [6.07, 6.45) is -0.172. The van der Waals surface area contributed by atoms with Crippen molar-refractivity contribution in [3.63, 3.8) is 0 Å². The number of aromatic nitrogens is 4. The average molecular weight is 451 g/mol. The number of amides is 1. The van der Waals surface area contributed by atoms with Gasteiger partial charge in [-0.1, -0.05) is 0 Å². The molecule has 12 heteroatoms. The van der Waals surface area contributed by atoms with Crippen molar-refractivity contribution in [1.29, 1.82) is 0 Å². The number of carbonyl (C=O) groups excluding carboxylic acids is 1. The Morgan fingerprint density at radius 2 is 2.00 bits per heavy atom. The third kappa shape index (κ3) is 3.07. The lowest BCUT2D eigenvalue weighted by Crippen LogP contribution is -2.76. The van der Waals surface area contributed by atoms with Gasteiger partial charge < -0.3 is 14.1 Å². The van der Waals surface area contributed by atoms with E-state index in [4.69, 9.17) is 4.42 Å². The van der Waals surface area contributed by atoms with E-state index in [1.165, 1.54) is 18.3 Å². The summed E-state index contributed by atoms with van der Waals surface area (Å²) in [5, 5.41) is 11.1. The highest BCUT2D eigenvalue weighted by atomic mass is 19.4. The summed E-state index contributed by atoms with van der Waals surface area (Å²) in [7, 11) is 0. The number of ether oxygens (including phenoxy) is 1. The first kappa shape index (κ1) is 19.6. The zero-order valence-electron chi connectivity index (χ0n) is 16.5. The molecule has 0 aromatic carbocycles. The number of halogens is 4. The highest BCUT2D eigenvalue weighted by Gasteiger charge is 2.72. The Bertz CT molecular complexity index is 1210. The summed E-state index contributed by atoms with van der Waals surface area (Å²) in [6, 6.07) is 2.53. The summed E-state index contributed by atoms with van der Waals surface area (Å²) in [5.41, 5.74) is -0.113. The van der Waals surface area contributed by atoms with Crippen LogP contribution < -0.4 is 5.32 Å². The van der Waals surface area contributed by atoms with E-state index in [9.17, 15) is 22.4 Å². The second-order valence-electron chi connectivity index (χ2n) is 9.08. The molecule has 3 heterocycles. The van der Waals surface area contributed by atoms with Crippen LogP contribution >= 0.6 is 0 Å². The van der Waals surface area contributed by atoms with Crippen LogP contribution in [0, 0.1) is 5.82 Å². The van der Waals surface area contributed by atoms with Crippen molar-refractivity contribution in [2.75, 3.05) is 0 Å². The number of imidazole rings is 1. The Balaban J connectivity index is 1.06. The van der Waals surface area contributed by atoms with Gasteiger partial charge in [-0.3, -0.25) is 9.53 Å². The fraction of sp³-hybridized carbons (Fsp3) is 0.500. The van der Waals surface area contributed by atoms with Gasteiger partial charge in [-0.05, 0) is 38.2 Å². The number of pyridine rings is 1. The first-order chi connectivity index (χ1) is 15.1. The van der Waals surface area contributed by atoms with Crippen LogP contribution in [0.15, 0.2) is 28.9 Å². The van der Waals surface area contributed by atoms with Gasteiger partial charge in [0.2, 0.25) is 11.8 Å². The molecule has 3 aromatic rings. The molecule has 0 radical (unpaired) electrons. The maximum Gasteiger partial charge on any atom is 0.522 e. The smallest absolute Gasteiger partial charge is 0.424 e. The molecule has 1 amide bonds. The lowest BCUT2D eigenvalue weighted by atomic mass is 9.39. The summed E-state index contributed by atoms with van der Waals surface area (Å²) < 4.78 is 61.4. The van der Waals surface area contributed by atoms with Gasteiger partial charge in [0.15, 0.2) is 0 Å². The maximum atomic E-state index is 13.3. The molecular formula is C20H17F4N5O3. The van der Waals surface area contributed by atoms with E-state index in [1.807, 2.05) is 0 Å². The third-order valence-corrected chi connectivity index (χ3v) is 6.70. The van der Waals surface area contributed by atoms with Gasteiger partial charge in [-0.15, -0.1) is 23.4 Å². The van der Waals surface area contributed by atoms with E-state index in [1.54, 1.807) is 10.6 Å². The highest BCUT2D eigenvalue weighted by molar-refractivity contribution is 5.93. The molecular weight excluding hydrogens is 434 g/mol. The second kappa shape index (κ2) is 6.27. The topological polar surface area (TPSA) is 94.5 Å². The minimum atomic E-state index is -4.64. The fourth-order valence-electron chi connectivity index (χ4n) is 5.19. The summed E-state index contributed by atoms with van der Waals surface area (Å²) >= 11 is 0. The summed E-state index contributed by atoms with van der Waals surface area (Å²) in [5.74, 6) is -0.197. The highest BCUT2D eigenvalue weighted by Crippen LogP contribution is 2.67. The van der Waals surface area contributed by atoms with Crippen LogP contribution in [0.5, 0.6) is 0 Å². The minimum absolute atomic E-state index is 0.192. The number of carbonyl (C=O) groups is 1. The monoisotopic (exact) mass is 451 g/mol. The lowest BCUT2D eigenvalue weighted by Gasteiger charge is -2.68. The molecule has 1 N–H and O–H groups in total. The van der Waals surface area contributed by atoms with Gasteiger partial charge in [0, 0.05) is 29.9 Å². The molecule has 168 valence electrons. The van der Waals surface area contributed by atoms with Gasteiger partial charge in [0.1, 0.15) is 17.2 Å². The lowest BCUT2D eigenvalue weighted by molar-refractivity contribution is -0.352. The SMILES string of the molecule is O=C(NC12CC(c3nnc([C@H]4C[C@@H](OC(F)(F)F)C4)o3)(C1)C2)c1cn2ccc(F)cc2n1. The largest absolute Gasteiger partial charge is 0.522 e. The quantitative estimate of drug-likeness (QED) is 0.599. The summed E-state index contributed by atoms with van der Waals surface area (Å²) in [6.45, 7) is 0. The van der Waals surface area contributed by atoms with Crippen molar-refractivity contribution in [3.8, 4) is 0 Å². The van der Waals surface area contributed by atoms with Crippen LogP contribution in [-0.2, 0) is 10.2 Å². The average Bonchev–Trinajstić information content (AvgIpc) is 3.25. The third-order valence-electron chi connectivity index (χ3n) is 6.70. The predicted molar refractivity (Wildman–Crippen MR) is 98.1 cm³/mol. The number of nitrogens with zero attached hydrogens (tertiary/aromatic N) is 4. The molecule has 4 fully saturated rings. The predicted octanol–water partition coefficient (Wildman–Crippen LogP) is 3.24. The number of nitrogens with one attached hydrogen (secondary N) is 1. The van der Waals surface area contributed by atoms with Crippen molar-refractivity contribution in [2.24, 2.45) is 0 Å². The van der Waals surface area contributed by atoms with Crippen LogP contribution in [-0.4, -0.2) is 43.5 Å². The molecule has 32 heavy (non-hydrogen) atoms. The Hall–Kier alpha value is -3.02. The molecule has 2 bridgehead atoms. The molecule has 0 atom stereocenters. The number of rotatable bonds is 5. The number of fused-ring (bicyclic) bond motifs is 1. The molecule has 0 spiro atoms. The van der Waals surface area contributed by atoms with Gasteiger partial charge >= 0.3 is 6.36 Å². The second-order valence-corrected chi connectivity index (χ2v) is 9.08. The number of hydrogen-bond acceptors (Lipinski definition) is 6. The van der Waals surface area contributed by atoms with E-state index >= 15 is 0 Å². The molecule has 3 aromatic heterocycles. The van der Waals surface area contributed by atoms with Gasteiger partial charge in [0.05, 0.1) is 11.5 Å². The zero-order valence-corrected chi connectivity index (χ0v) is 16.5. The van der Waals surface area contributed by atoms with Crippen LogP contribution in [0.2, 0.25) is 0 Å². The van der Waals surface area contributed by atoms with Gasteiger partial charge in [0.25, 0.3) is 5.91 Å². The van der Waals surface area contributed by atoms with Gasteiger partial charge in [-0.2, -0.15) is 0 Å². The van der Waals surface area contributed by atoms with Crippen LogP contribution in [0.25, 0.3) is 5.65 Å². The van der Waals surface area contributed by atoms with Crippen molar-refractivity contribution in [2.45, 2.75) is 61.4 Å². The number of alkyl halides is 3. The van der Waals surface area contributed by atoms with Crippen LogP contribution in [0.4, 0.5) is 17.6 Å². The standard InChI is InChI=1S/C20H17F4N5O3/c21-11-1-2-29-6-13(25-14(29)5-11)15(30)26-19-7-18(8-19,9-19)17-28-27-16(31-17)10-3-12(4-10)32-20(22,23)24/h1-2,5-6,10,12H,3-4,7-9H2,(H,26,30)/t10-,12+,18?,19?. The van der Waals surface area contributed by atoms with Crippen molar-refractivity contribution in [3.05, 3.63) is 47.8 Å². The van der Waals surface area contributed by atoms with Crippen LogP contribution in [0.1, 0.15) is 60.3 Å². The molecule has 4 aliphatic rings. The van der Waals surface area contributed by atoms with Crippen molar-refractivity contribution >= 4 is 11.6 Å². The molecule has 7 rings (SSSR count). The minimum Gasteiger partial charge on any atom is -0.424 e. The van der Waals surface area contributed by atoms with Crippen molar-refractivity contribution < 1.29 is 31.5 Å². The molecule has 0 saturated heterocycles.